The van der Waals surface area contributed by atoms with E-state index >= 15 is 0 Å². The van der Waals surface area contributed by atoms with Crippen LogP contribution in [0.5, 0.6) is 0 Å². The fraction of sp³-hybridized carbons (Fsp3) is 0.789. The molecule has 1 aromatic heterocycles. The van der Waals surface area contributed by atoms with Crippen LogP contribution in [0.15, 0.2) is 4.99 Å². The molecule has 0 bridgehead atoms. The Morgan fingerprint density at radius 2 is 2.08 bits per heavy atom. The zero-order valence-electron chi connectivity index (χ0n) is 16.7. The molecule has 1 aliphatic heterocycles. The molecule has 1 aromatic rings. The number of aryl methyl sites for hydroxylation is 2. The van der Waals surface area contributed by atoms with Crippen LogP contribution in [-0.2, 0) is 13.6 Å². The first kappa shape index (κ1) is 19.8. The summed E-state index contributed by atoms with van der Waals surface area (Å²) in [7, 11) is 3.81. The molecule has 0 aliphatic carbocycles. The molecule has 0 radical (unpaired) electrons. The Bertz CT molecular complexity index is 563. The first-order chi connectivity index (χ1) is 12.0. The number of aliphatic imine (C=N–C) groups is 1. The van der Waals surface area contributed by atoms with Gasteiger partial charge in [0.15, 0.2) is 5.96 Å². The van der Waals surface area contributed by atoms with Crippen molar-refractivity contribution >= 4 is 5.96 Å². The van der Waals surface area contributed by atoms with Crippen LogP contribution in [0.4, 0.5) is 0 Å². The zero-order chi connectivity index (χ0) is 18.2. The minimum Gasteiger partial charge on any atom is -0.356 e. The van der Waals surface area contributed by atoms with Crippen LogP contribution in [0.3, 0.4) is 0 Å². The smallest absolute Gasteiger partial charge is 0.191 e. The van der Waals surface area contributed by atoms with Crippen LogP contribution in [0.2, 0.25) is 0 Å². The van der Waals surface area contributed by atoms with E-state index in [-0.39, 0.29) is 0 Å². The lowest BCUT2D eigenvalue weighted by Gasteiger charge is -2.30. The minimum absolute atomic E-state index is 0.761. The Morgan fingerprint density at radius 3 is 2.72 bits per heavy atom. The summed E-state index contributed by atoms with van der Waals surface area (Å²) in [6.07, 6.45) is 5.19. The van der Waals surface area contributed by atoms with Gasteiger partial charge in [0, 0.05) is 45.0 Å². The maximum Gasteiger partial charge on any atom is 0.191 e. The Labute approximate surface area is 153 Å². The molecule has 1 unspecified atom stereocenters. The lowest BCUT2D eigenvalue weighted by Crippen LogP contribution is -2.38. The quantitative estimate of drug-likeness (QED) is 0.451. The summed E-state index contributed by atoms with van der Waals surface area (Å²) in [5.41, 5.74) is 3.54. The lowest BCUT2D eigenvalue weighted by atomic mass is 10.0. The van der Waals surface area contributed by atoms with Crippen molar-refractivity contribution in [3.8, 4) is 0 Å². The van der Waals surface area contributed by atoms with Crippen molar-refractivity contribution in [1.29, 1.82) is 0 Å². The first-order valence-electron chi connectivity index (χ1n) is 9.67. The summed E-state index contributed by atoms with van der Waals surface area (Å²) in [4.78, 5) is 6.94. The highest BCUT2D eigenvalue weighted by molar-refractivity contribution is 5.79. The monoisotopic (exact) mass is 348 g/mol. The van der Waals surface area contributed by atoms with E-state index in [9.17, 15) is 0 Å². The minimum atomic E-state index is 0.761. The van der Waals surface area contributed by atoms with E-state index in [1.807, 2.05) is 18.8 Å². The number of rotatable bonds is 7. The number of hydrogen-bond donors (Lipinski definition) is 2. The molecule has 1 aliphatic rings. The van der Waals surface area contributed by atoms with E-state index in [0.29, 0.717) is 0 Å². The van der Waals surface area contributed by atoms with Crippen molar-refractivity contribution in [2.24, 2.45) is 18.0 Å². The third kappa shape index (κ3) is 6.03. The molecular formula is C19H36N6. The van der Waals surface area contributed by atoms with Gasteiger partial charge in [0.25, 0.3) is 0 Å². The van der Waals surface area contributed by atoms with Gasteiger partial charge in [-0.3, -0.25) is 9.67 Å². The Morgan fingerprint density at radius 1 is 1.28 bits per heavy atom. The molecular weight excluding hydrogens is 312 g/mol. The van der Waals surface area contributed by atoms with E-state index in [2.05, 4.69) is 46.4 Å². The number of unbranched alkanes of at least 4 members (excludes halogenated alkanes) is 1. The molecule has 0 amide bonds. The molecule has 1 atom stereocenters. The van der Waals surface area contributed by atoms with Crippen LogP contribution in [0, 0.1) is 19.8 Å². The van der Waals surface area contributed by atoms with Gasteiger partial charge in [-0.15, -0.1) is 0 Å². The molecule has 1 saturated heterocycles. The Hall–Kier alpha value is -1.56. The van der Waals surface area contributed by atoms with Crippen molar-refractivity contribution < 1.29 is 0 Å². The first-order valence-corrected chi connectivity index (χ1v) is 9.67. The standard InChI is InChI=1S/C19H36N6/c1-15-9-8-12-25(14-15)11-7-6-10-21-19(20-4)22-13-18-16(2)23-24(5)17(18)3/h15H,6-14H2,1-5H3,(H2,20,21,22). The largest absolute Gasteiger partial charge is 0.356 e. The van der Waals surface area contributed by atoms with Crippen LogP contribution >= 0.6 is 0 Å². The number of nitrogens with zero attached hydrogens (tertiary/aromatic N) is 4. The van der Waals surface area contributed by atoms with Gasteiger partial charge < -0.3 is 15.5 Å². The van der Waals surface area contributed by atoms with E-state index in [1.165, 1.54) is 56.6 Å². The van der Waals surface area contributed by atoms with Crippen molar-refractivity contribution in [2.75, 3.05) is 33.2 Å². The predicted octanol–water partition coefficient (Wildman–Crippen LogP) is 2.21. The lowest BCUT2D eigenvalue weighted by molar-refractivity contribution is 0.181. The van der Waals surface area contributed by atoms with Crippen LogP contribution in [-0.4, -0.2) is 53.9 Å². The van der Waals surface area contributed by atoms with Crippen molar-refractivity contribution in [3.63, 3.8) is 0 Å². The van der Waals surface area contributed by atoms with Gasteiger partial charge in [0.1, 0.15) is 0 Å². The van der Waals surface area contributed by atoms with Gasteiger partial charge in [0.2, 0.25) is 0 Å². The van der Waals surface area contributed by atoms with Crippen molar-refractivity contribution in [3.05, 3.63) is 17.0 Å². The molecule has 1 fully saturated rings. The molecule has 6 nitrogen and oxygen atoms in total. The number of aromatic nitrogens is 2. The summed E-state index contributed by atoms with van der Waals surface area (Å²) in [6, 6.07) is 0. The van der Waals surface area contributed by atoms with E-state index in [1.54, 1.807) is 0 Å². The van der Waals surface area contributed by atoms with Gasteiger partial charge >= 0.3 is 0 Å². The van der Waals surface area contributed by atoms with Gasteiger partial charge in [0.05, 0.1) is 5.69 Å². The number of guanidine groups is 1. The fourth-order valence-electron chi connectivity index (χ4n) is 3.62. The van der Waals surface area contributed by atoms with E-state index < -0.39 is 0 Å². The SMILES string of the molecule is CN=C(NCCCCN1CCCC(C)C1)NCc1c(C)nn(C)c1C. The number of nitrogens with one attached hydrogen (secondary N) is 2. The Kier molecular flexibility index (Phi) is 7.75. The summed E-state index contributed by atoms with van der Waals surface area (Å²) in [5, 5.41) is 11.3. The molecule has 142 valence electrons. The molecule has 0 aromatic carbocycles. The second-order valence-corrected chi connectivity index (χ2v) is 7.38. The summed E-state index contributed by atoms with van der Waals surface area (Å²) < 4.78 is 1.93. The molecule has 2 heterocycles. The molecule has 25 heavy (non-hydrogen) atoms. The average molecular weight is 349 g/mol. The summed E-state index contributed by atoms with van der Waals surface area (Å²) >= 11 is 0. The molecule has 2 N–H and O–H groups in total. The summed E-state index contributed by atoms with van der Waals surface area (Å²) in [6.45, 7) is 12.0. The van der Waals surface area contributed by atoms with Gasteiger partial charge in [-0.2, -0.15) is 5.10 Å². The second kappa shape index (κ2) is 9.80. The highest BCUT2D eigenvalue weighted by Gasteiger charge is 2.15. The number of likely N-dealkylation sites (tertiary alicyclic amines) is 1. The highest BCUT2D eigenvalue weighted by Crippen LogP contribution is 2.15. The van der Waals surface area contributed by atoms with Crippen molar-refractivity contribution in [2.45, 2.75) is 53.0 Å². The second-order valence-electron chi connectivity index (χ2n) is 7.38. The maximum atomic E-state index is 4.46. The molecule has 6 heteroatoms. The third-order valence-electron chi connectivity index (χ3n) is 5.25. The van der Waals surface area contributed by atoms with Gasteiger partial charge in [-0.05, 0) is 58.5 Å². The predicted molar refractivity (Wildman–Crippen MR) is 105 cm³/mol. The zero-order valence-corrected chi connectivity index (χ0v) is 16.7. The van der Waals surface area contributed by atoms with E-state index in [0.717, 1.165) is 30.7 Å². The highest BCUT2D eigenvalue weighted by atomic mass is 15.3. The van der Waals surface area contributed by atoms with Crippen LogP contribution in [0.1, 0.15) is 49.6 Å². The number of piperidine rings is 1. The maximum absolute atomic E-state index is 4.46. The average Bonchev–Trinajstić information content (AvgIpc) is 2.83. The summed E-state index contributed by atoms with van der Waals surface area (Å²) in [5.74, 6) is 1.74. The normalized spacial score (nSPS) is 19.2. The van der Waals surface area contributed by atoms with Crippen LogP contribution in [0.25, 0.3) is 0 Å². The third-order valence-corrected chi connectivity index (χ3v) is 5.25. The topological polar surface area (TPSA) is 57.5 Å². The van der Waals surface area contributed by atoms with Crippen molar-refractivity contribution in [1.82, 2.24) is 25.3 Å². The fourth-order valence-corrected chi connectivity index (χ4v) is 3.62. The molecule has 0 spiro atoms. The van der Waals surface area contributed by atoms with E-state index in [4.69, 9.17) is 0 Å². The van der Waals surface area contributed by atoms with Crippen LogP contribution < -0.4 is 10.6 Å². The van der Waals surface area contributed by atoms with Gasteiger partial charge in [-0.25, -0.2) is 0 Å². The molecule has 2 rings (SSSR count). The van der Waals surface area contributed by atoms with Gasteiger partial charge in [-0.1, -0.05) is 6.92 Å². The Balaban J connectivity index is 1.63. The number of hydrogen-bond acceptors (Lipinski definition) is 3. The molecule has 0 saturated carbocycles.